The third-order valence-corrected chi connectivity index (χ3v) is 3.50. The predicted octanol–water partition coefficient (Wildman–Crippen LogP) is 2.15. The molecule has 0 saturated carbocycles. The van der Waals surface area contributed by atoms with Gasteiger partial charge in [0.25, 0.3) is 0 Å². The van der Waals surface area contributed by atoms with Crippen molar-refractivity contribution in [1.82, 2.24) is 10.4 Å². The van der Waals surface area contributed by atoms with Gasteiger partial charge in [0.15, 0.2) is 0 Å². The average Bonchev–Trinajstić information content (AvgIpc) is 2.53. The minimum atomic E-state index is 0.0195. The smallest absolute Gasteiger partial charge is 0.212 e. The molecular weight excluding hydrogens is 266 g/mol. The number of hydrazine groups is 1. The van der Waals surface area contributed by atoms with E-state index in [1.54, 1.807) is 14.2 Å². The lowest BCUT2D eigenvalue weighted by molar-refractivity contribution is 0.397. The van der Waals surface area contributed by atoms with Crippen molar-refractivity contribution in [1.29, 1.82) is 0 Å². The minimum absolute atomic E-state index is 0.0195. The quantitative estimate of drug-likeness (QED) is 0.629. The molecule has 3 N–H and O–H groups in total. The Kier molecular flexibility index (Phi) is 5.14. The summed E-state index contributed by atoms with van der Waals surface area (Å²) in [5, 5.41) is 0. The fraction of sp³-hybridized carbons (Fsp3) is 0.312. The van der Waals surface area contributed by atoms with Crippen molar-refractivity contribution in [2.45, 2.75) is 19.4 Å². The van der Waals surface area contributed by atoms with E-state index in [-0.39, 0.29) is 6.04 Å². The van der Waals surface area contributed by atoms with Crippen LogP contribution in [0.2, 0.25) is 0 Å². The second kappa shape index (κ2) is 7.06. The average molecular weight is 287 g/mol. The van der Waals surface area contributed by atoms with Crippen LogP contribution in [0.1, 0.15) is 22.7 Å². The first-order valence-corrected chi connectivity index (χ1v) is 6.77. The van der Waals surface area contributed by atoms with E-state index >= 15 is 0 Å². The number of methoxy groups -OCH3 is 2. The molecule has 5 heteroatoms. The molecule has 1 heterocycles. The number of aromatic nitrogens is 1. The zero-order valence-electron chi connectivity index (χ0n) is 12.6. The number of nitrogens with two attached hydrogens (primary N) is 1. The Morgan fingerprint density at radius 3 is 2.52 bits per heavy atom. The molecule has 0 radical (unpaired) electrons. The molecule has 1 atom stereocenters. The summed E-state index contributed by atoms with van der Waals surface area (Å²) in [7, 11) is 3.27. The maximum absolute atomic E-state index is 5.72. The predicted molar refractivity (Wildman–Crippen MR) is 82.3 cm³/mol. The van der Waals surface area contributed by atoms with E-state index in [9.17, 15) is 0 Å². The van der Waals surface area contributed by atoms with E-state index in [4.69, 9.17) is 15.3 Å². The number of hydrogen-bond donors (Lipinski definition) is 2. The first-order valence-electron chi connectivity index (χ1n) is 6.77. The monoisotopic (exact) mass is 287 g/mol. The van der Waals surface area contributed by atoms with Gasteiger partial charge >= 0.3 is 0 Å². The van der Waals surface area contributed by atoms with E-state index in [1.807, 2.05) is 36.5 Å². The van der Waals surface area contributed by atoms with Gasteiger partial charge in [0.2, 0.25) is 5.88 Å². The highest BCUT2D eigenvalue weighted by atomic mass is 16.5. The van der Waals surface area contributed by atoms with E-state index in [0.717, 1.165) is 28.9 Å². The van der Waals surface area contributed by atoms with Crippen molar-refractivity contribution in [2.24, 2.45) is 5.84 Å². The molecule has 5 nitrogen and oxygen atoms in total. The number of hydrogen-bond acceptors (Lipinski definition) is 5. The highest BCUT2D eigenvalue weighted by Gasteiger charge is 2.14. The number of pyridine rings is 1. The summed E-state index contributed by atoms with van der Waals surface area (Å²) < 4.78 is 10.3. The third-order valence-electron chi connectivity index (χ3n) is 3.50. The third kappa shape index (κ3) is 3.71. The van der Waals surface area contributed by atoms with Crippen LogP contribution < -0.4 is 20.7 Å². The van der Waals surface area contributed by atoms with Crippen LogP contribution in [0.4, 0.5) is 0 Å². The summed E-state index contributed by atoms with van der Waals surface area (Å²) in [6, 6.07) is 9.85. The summed E-state index contributed by atoms with van der Waals surface area (Å²) in [4.78, 5) is 4.22. The van der Waals surface area contributed by atoms with Gasteiger partial charge in [-0.15, -0.1) is 0 Å². The van der Waals surface area contributed by atoms with Crippen LogP contribution in [-0.4, -0.2) is 19.2 Å². The maximum Gasteiger partial charge on any atom is 0.212 e. The van der Waals surface area contributed by atoms with Gasteiger partial charge in [0, 0.05) is 12.3 Å². The summed E-state index contributed by atoms with van der Waals surface area (Å²) in [5.74, 6) is 7.18. The minimum Gasteiger partial charge on any atom is -0.497 e. The van der Waals surface area contributed by atoms with Gasteiger partial charge in [-0.25, -0.2) is 4.98 Å². The molecule has 112 valence electrons. The highest BCUT2D eigenvalue weighted by Crippen LogP contribution is 2.25. The first-order chi connectivity index (χ1) is 10.2. The van der Waals surface area contributed by atoms with Crippen molar-refractivity contribution in [2.75, 3.05) is 14.2 Å². The van der Waals surface area contributed by atoms with Gasteiger partial charge in [-0.05, 0) is 42.2 Å². The molecule has 0 aliphatic carbocycles. The molecule has 2 rings (SSSR count). The van der Waals surface area contributed by atoms with E-state index in [1.165, 1.54) is 0 Å². The molecule has 0 saturated heterocycles. The lowest BCUT2D eigenvalue weighted by atomic mass is 9.96. The van der Waals surface area contributed by atoms with Crippen LogP contribution in [0.25, 0.3) is 0 Å². The lowest BCUT2D eigenvalue weighted by Gasteiger charge is -2.19. The van der Waals surface area contributed by atoms with Crippen LogP contribution in [0.3, 0.4) is 0 Å². The van der Waals surface area contributed by atoms with Gasteiger partial charge in [-0.1, -0.05) is 12.1 Å². The molecule has 21 heavy (non-hydrogen) atoms. The molecule has 1 aromatic heterocycles. The zero-order chi connectivity index (χ0) is 15.2. The van der Waals surface area contributed by atoms with Crippen LogP contribution in [0.15, 0.2) is 36.5 Å². The van der Waals surface area contributed by atoms with Crippen molar-refractivity contribution in [3.05, 3.63) is 53.2 Å². The Hall–Kier alpha value is -2.11. The molecule has 0 amide bonds. The van der Waals surface area contributed by atoms with Gasteiger partial charge in [-0.3, -0.25) is 11.3 Å². The molecule has 1 unspecified atom stereocenters. The molecule has 0 fully saturated rings. The van der Waals surface area contributed by atoms with E-state index in [2.05, 4.69) is 17.3 Å². The molecular formula is C16H21N3O2. The maximum atomic E-state index is 5.72. The summed E-state index contributed by atoms with van der Waals surface area (Å²) in [6.45, 7) is 2.05. The second-order valence-corrected chi connectivity index (χ2v) is 4.85. The SMILES string of the molecule is COc1ccc(C(Cc2ccc(OC)nc2)NN)c(C)c1. The Morgan fingerprint density at radius 1 is 1.19 bits per heavy atom. The number of nitrogens with one attached hydrogen (secondary N) is 1. The van der Waals surface area contributed by atoms with Crippen LogP contribution >= 0.6 is 0 Å². The number of rotatable bonds is 6. The number of benzene rings is 1. The van der Waals surface area contributed by atoms with Crippen LogP contribution in [0, 0.1) is 6.92 Å². The molecule has 0 spiro atoms. The highest BCUT2D eigenvalue weighted by molar-refractivity contribution is 5.37. The van der Waals surface area contributed by atoms with Gasteiger partial charge in [0.1, 0.15) is 5.75 Å². The molecule has 1 aromatic carbocycles. The molecule has 2 aromatic rings. The normalized spacial score (nSPS) is 12.0. The fourth-order valence-corrected chi connectivity index (χ4v) is 2.31. The molecule has 0 bridgehead atoms. The fourth-order valence-electron chi connectivity index (χ4n) is 2.31. The van der Waals surface area contributed by atoms with Crippen LogP contribution in [-0.2, 0) is 6.42 Å². The van der Waals surface area contributed by atoms with Crippen molar-refractivity contribution < 1.29 is 9.47 Å². The van der Waals surface area contributed by atoms with Gasteiger partial charge in [-0.2, -0.15) is 0 Å². The van der Waals surface area contributed by atoms with Crippen molar-refractivity contribution >= 4 is 0 Å². The standard InChI is InChI=1S/C16H21N3O2/c1-11-8-13(20-2)5-6-14(11)15(19-17)9-12-4-7-16(21-3)18-10-12/h4-8,10,15,19H,9,17H2,1-3H3. The largest absolute Gasteiger partial charge is 0.497 e. The van der Waals surface area contributed by atoms with Gasteiger partial charge in [0.05, 0.1) is 20.3 Å². The molecule has 0 aliphatic rings. The van der Waals surface area contributed by atoms with Crippen LogP contribution in [0.5, 0.6) is 11.6 Å². The van der Waals surface area contributed by atoms with E-state index < -0.39 is 0 Å². The Balaban J connectivity index is 2.18. The number of nitrogens with zero attached hydrogens (tertiary/aromatic N) is 1. The number of aryl methyl sites for hydroxylation is 1. The topological polar surface area (TPSA) is 69.4 Å². The Bertz CT molecular complexity index is 585. The van der Waals surface area contributed by atoms with Crippen molar-refractivity contribution in [3.63, 3.8) is 0 Å². The van der Waals surface area contributed by atoms with Gasteiger partial charge < -0.3 is 9.47 Å². The first kappa shape index (κ1) is 15.3. The molecule has 0 aliphatic heterocycles. The van der Waals surface area contributed by atoms with Crippen molar-refractivity contribution in [3.8, 4) is 11.6 Å². The Morgan fingerprint density at radius 2 is 2.00 bits per heavy atom. The summed E-state index contributed by atoms with van der Waals surface area (Å²) in [5.41, 5.74) is 6.25. The zero-order valence-corrected chi connectivity index (χ0v) is 12.6. The Labute approximate surface area is 125 Å². The lowest BCUT2D eigenvalue weighted by Crippen LogP contribution is -2.30. The summed E-state index contributed by atoms with van der Waals surface area (Å²) in [6.07, 6.45) is 2.56. The summed E-state index contributed by atoms with van der Waals surface area (Å²) >= 11 is 0. The number of ether oxygens (including phenoxy) is 2. The van der Waals surface area contributed by atoms with E-state index in [0.29, 0.717) is 5.88 Å². The second-order valence-electron chi connectivity index (χ2n) is 4.85.